The maximum Gasteiger partial charge on any atom is 0.416 e. The van der Waals surface area contributed by atoms with E-state index in [9.17, 15) is 13.2 Å². The molecule has 0 unspecified atom stereocenters. The number of alkyl halides is 3. The maximum absolute atomic E-state index is 12.7. The lowest BCUT2D eigenvalue weighted by atomic mass is 9.97. The summed E-state index contributed by atoms with van der Waals surface area (Å²) in [5.74, 6) is 0. The van der Waals surface area contributed by atoms with Crippen LogP contribution in [0.2, 0.25) is 10.0 Å². The van der Waals surface area contributed by atoms with Crippen molar-refractivity contribution in [2.75, 3.05) is 0 Å². The molecule has 0 fully saturated rings. The standard InChI is InChI=1S/C14H6Cl2F3N/c15-10-3-4-11(13(16)6-10)12-5-9(14(17,18)19)2-1-8(12)7-20/h1-6H. The van der Waals surface area contributed by atoms with Crippen LogP contribution in [0.5, 0.6) is 0 Å². The van der Waals surface area contributed by atoms with Gasteiger partial charge in [0.1, 0.15) is 0 Å². The summed E-state index contributed by atoms with van der Waals surface area (Å²) in [5, 5.41) is 9.57. The number of hydrogen-bond donors (Lipinski definition) is 0. The molecule has 0 heterocycles. The molecule has 0 spiro atoms. The molecule has 0 bridgehead atoms. The topological polar surface area (TPSA) is 23.8 Å². The molecule has 0 aliphatic rings. The fraction of sp³-hybridized carbons (Fsp3) is 0.0714. The molecule has 0 saturated carbocycles. The van der Waals surface area contributed by atoms with E-state index in [-0.39, 0.29) is 16.1 Å². The van der Waals surface area contributed by atoms with Gasteiger partial charge in [0.05, 0.1) is 17.2 Å². The monoisotopic (exact) mass is 315 g/mol. The number of nitriles is 1. The van der Waals surface area contributed by atoms with Gasteiger partial charge in [0.15, 0.2) is 0 Å². The van der Waals surface area contributed by atoms with Gasteiger partial charge in [-0.2, -0.15) is 18.4 Å². The molecule has 6 heteroatoms. The predicted molar refractivity (Wildman–Crippen MR) is 71.6 cm³/mol. The van der Waals surface area contributed by atoms with Crippen molar-refractivity contribution >= 4 is 23.2 Å². The minimum atomic E-state index is -4.48. The van der Waals surface area contributed by atoms with E-state index >= 15 is 0 Å². The van der Waals surface area contributed by atoms with E-state index in [4.69, 9.17) is 28.5 Å². The highest BCUT2D eigenvalue weighted by Crippen LogP contribution is 2.37. The minimum absolute atomic E-state index is 0.113. The van der Waals surface area contributed by atoms with E-state index < -0.39 is 11.7 Å². The third-order valence-electron chi connectivity index (χ3n) is 2.69. The van der Waals surface area contributed by atoms with Crippen molar-refractivity contribution in [2.24, 2.45) is 0 Å². The van der Waals surface area contributed by atoms with Crippen molar-refractivity contribution in [3.63, 3.8) is 0 Å². The number of benzene rings is 2. The zero-order valence-electron chi connectivity index (χ0n) is 9.80. The summed E-state index contributed by atoms with van der Waals surface area (Å²) in [6, 6.07) is 9.17. The summed E-state index contributed by atoms with van der Waals surface area (Å²) in [6.07, 6.45) is -4.48. The Morgan fingerprint density at radius 1 is 0.950 bits per heavy atom. The van der Waals surface area contributed by atoms with Crippen LogP contribution in [0, 0.1) is 11.3 Å². The molecule has 0 radical (unpaired) electrons. The van der Waals surface area contributed by atoms with Crippen molar-refractivity contribution in [3.8, 4) is 17.2 Å². The Morgan fingerprint density at radius 3 is 2.20 bits per heavy atom. The van der Waals surface area contributed by atoms with Crippen LogP contribution < -0.4 is 0 Å². The first-order valence-corrected chi connectivity index (χ1v) is 6.15. The van der Waals surface area contributed by atoms with Gasteiger partial charge in [-0.25, -0.2) is 0 Å². The molecule has 2 aromatic carbocycles. The molecular formula is C14H6Cl2F3N. The second-order valence-electron chi connectivity index (χ2n) is 3.99. The lowest BCUT2D eigenvalue weighted by Crippen LogP contribution is -2.05. The van der Waals surface area contributed by atoms with Gasteiger partial charge in [0.2, 0.25) is 0 Å². The van der Waals surface area contributed by atoms with Crippen molar-refractivity contribution in [1.82, 2.24) is 0 Å². The summed E-state index contributed by atoms with van der Waals surface area (Å²) in [4.78, 5) is 0. The summed E-state index contributed by atoms with van der Waals surface area (Å²) in [7, 11) is 0. The van der Waals surface area contributed by atoms with E-state index in [1.54, 1.807) is 0 Å². The van der Waals surface area contributed by atoms with Gasteiger partial charge in [-0.1, -0.05) is 29.3 Å². The van der Waals surface area contributed by atoms with Crippen LogP contribution in [-0.4, -0.2) is 0 Å². The van der Waals surface area contributed by atoms with E-state index in [0.29, 0.717) is 10.6 Å². The molecule has 0 aliphatic heterocycles. The Morgan fingerprint density at radius 2 is 1.65 bits per heavy atom. The van der Waals surface area contributed by atoms with Crippen molar-refractivity contribution < 1.29 is 13.2 Å². The minimum Gasteiger partial charge on any atom is -0.192 e. The maximum atomic E-state index is 12.7. The van der Waals surface area contributed by atoms with E-state index in [0.717, 1.165) is 18.2 Å². The number of hydrogen-bond acceptors (Lipinski definition) is 1. The van der Waals surface area contributed by atoms with Crippen molar-refractivity contribution in [2.45, 2.75) is 6.18 Å². The molecule has 0 saturated heterocycles. The molecule has 0 amide bonds. The van der Waals surface area contributed by atoms with Crippen LogP contribution in [0.4, 0.5) is 13.2 Å². The molecule has 2 aromatic rings. The molecule has 0 aromatic heterocycles. The first-order chi connectivity index (χ1) is 9.32. The van der Waals surface area contributed by atoms with Gasteiger partial charge < -0.3 is 0 Å². The second kappa shape index (κ2) is 5.35. The normalized spacial score (nSPS) is 11.2. The van der Waals surface area contributed by atoms with E-state index in [2.05, 4.69) is 0 Å². The van der Waals surface area contributed by atoms with E-state index in [1.165, 1.54) is 18.2 Å². The van der Waals surface area contributed by atoms with Crippen LogP contribution in [-0.2, 0) is 6.18 Å². The van der Waals surface area contributed by atoms with Gasteiger partial charge in [-0.3, -0.25) is 0 Å². The van der Waals surface area contributed by atoms with Crippen molar-refractivity contribution in [3.05, 3.63) is 57.6 Å². The van der Waals surface area contributed by atoms with Gasteiger partial charge >= 0.3 is 6.18 Å². The molecule has 2 rings (SSSR count). The quantitative estimate of drug-likeness (QED) is 0.676. The Labute approximate surface area is 123 Å². The Balaban J connectivity index is 2.68. The Hall–Kier alpha value is -1.70. The average Bonchev–Trinajstić information content (AvgIpc) is 2.37. The fourth-order valence-corrected chi connectivity index (χ4v) is 2.26. The SMILES string of the molecule is N#Cc1ccc(C(F)(F)F)cc1-c1ccc(Cl)cc1Cl. The third-order valence-corrected chi connectivity index (χ3v) is 3.24. The Bertz CT molecular complexity index is 703. The molecule has 0 atom stereocenters. The smallest absolute Gasteiger partial charge is 0.192 e. The highest BCUT2D eigenvalue weighted by molar-refractivity contribution is 6.36. The first-order valence-electron chi connectivity index (χ1n) is 5.39. The van der Waals surface area contributed by atoms with Gasteiger partial charge in [0.25, 0.3) is 0 Å². The fourth-order valence-electron chi connectivity index (χ4n) is 1.75. The molecular weight excluding hydrogens is 310 g/mol. The molecule has 102 valence electrons. The lowest BCUT2D eigenvalue weighted by Gasteiger charge is -2.11. The van der Waals surface area contributed by atoms with Gasteiger partial charge in [-0.15, -0.1) is 0 Å². The molecule has 0 aliphatic carbocycles. The number of rotatable bonds is 1. The molecule has 0 N–H and O–H groups in total. The van der Waals surface area contributed by atoms with Crippen LogP contribution in [0.15, 0.2) is 36.4 Å². The average molecular weight is 316 g/mol. The summed E-state index contributed by atoms with van der Waals surface area (Å²) in [6.45, 7) is 0. The molecule has 20 heavy (non-hydrogen) atoms. The first kappa shape index (κ1) is 14.7. The number of nitrogens with zero attached hydrogens (tertiary/aromatic N) is 1. The highest BCUT2D eigenvalue weighted by Gasteiger charge is 2.31. The molecule has 1 nitrogen and oxygen atoms in total. The van der Waals surface area contributed by atoms with Crippen LogP contribution in [0.3, 0.4) is 0 Å². The Kier molecular flexibility index (Phi) is 3.94. The second-order valence-corrected chi connectivity index (χ2v) is 4.84. The summed E-state index contributed by atoms with van der Waals surface area (Å²) >= 11 is 11.7. The lowest BCUT2D eigenvalue weighted by molar-refractivity contribution is -0.137. The predicted octanol–water partition coefficient (Wildman–Crippen LogP) is 5.55. The summed E-state index contributed by atoms with van der Waals surface area (Å²) < 4.78 is 38.2. The zero-order chi connectivity index (χ0) is 14.9. The highest BCUT2D eigenvalue weighted by atomic mass is 35.5. The largest absolute Gasteiger partial charge is 0.416 e. The zero-order valence-corrected chi connectivity index (χ0v) is 11.3. The van der Waals surface area contributed by atoms with Crippen LogP contribution in [0.1, 0.15) is 11.1 Å². The van der Waals surface area contributed by atoms with Crippen LogP contribution in [0.25, 0.3) is 11.1 Å². The van der Waals surface area contributed by atoms with Gasteiger partial charge in [-0.05, 0) is 30.3 Å². The van der Waals surface area contributed by atoms with Gasteiger partial charge in [0, 0.05) is 21.2 Å². The van der Waals surface area contributed by atoms with Crippen molar-refractivity contribution in [1.29, 1.82) is 5.26 Å². The summed E-state index contributed by atoms with van der Waals surface area (Å²) in [5.41, 5.74) is -0.262. The third kappa shape index (κ3) is 2.90. The van der Waals surface area contributed by atoms with E-state index in [1.807, 2.05) is 6.07 Å². The number of halogens is 5. The van der Waals surface area contributed by atoms with Crippen LogP contribution >= 0.6 is 23.2 Å².